The standard InChI is InChI=1S/C13H12FNO3S/c1-2-13(16)15-11-7-8-12(19(14,17)18)10-6-4-3-5-9(10)11/h3-8H,2H2,1H3,(H,15,16). The van der Waals surface area contributed by atoms with E-state index in [-0.39, 0.29) is 11.3 Å². The van der Waals surface area contributed by atoms with Crippen LogP contribution >= 0.6 is 0 Å². The van der Waals surface area contributed by atoms with E-state index < -0.39 is 15.1 Å². The van der Waals surface area contributed by atoms with Crippen molar-refractivity contribution in [2.45, 2.75) is 18.2 Å². The van der Waals surface area contributed by atoms with E-state index in [1.54, 1.807) is 25.1 Å². The molecule has 0 heterocycles. The van der Waals surface area contributed by atoms with Crippen LogP contribution in [0.3, 0.4) is 0 Å². The summed E-state index contributed by atoms with van der Waals surface area (Å²) in [7, 11) is -4.79. The summed E-state index contributed by atoms with van der Waals surface area (Å²) in [5.41, 5.74) is 0.467. The van der Waals surface area contributed by atoms with Crippen molar-refractivity contribution in [2.24, 2.45) is 0 Å². The molecular formula is C13H12FNO3S. The van der Waals surface area contributed by atoms with Crippen molar-refractivity contribution in [2.75, 3.05) is 5.32 Å². The van der Waals surface area contributed by atoms with Crippen molar-refractivity contribution < 1.29 is 17.1 Å². The third-order valence-electron chi connectivity index (χ3n) is 2.74. The lowest BCUT2D eigenvalue weighted by molar-refractivity contribution is -0.115. The summed E-state index contributed by atoms with van der Waals surface area (Å²) in [6.07, 6.45) is 0.303. The van der Waals surface area contributed by atoms with Gasteiger partial charge < -0.3 is 5.32 Å². The van der Waals surface area contributed by atoms with Gasteiger partial charge in [-0.1, -0.05) is 31.2 Å². The number of carbonyl (C=O) groups excluding carboxylic acids is 1. The Labute approximate surface area is 110 Å². The molecule has 0 aliphatic carbocycles. The summed E-state index contributed by atoms with van der Waals surface area (Å²) >= 11 is 0. The molecule has 0 aliphatic heterocycles. The van der Waals surface area contributed by atoms with E-state index in [1.165, 1.54) is 12.1 Å². The fourth-order valence-electron chi connectivity index (χ4n) is 1.83. The topological polar surface area (TPSA) is 63.2 Å². The fourth-order valence-corrected chi connectivity index (χ4v) is 2.50. The Hall–Kier alpha value is -1.95. The lowest BCUT2D eigenvalue weighted by Gasteiger charge is -2.10. The molecular weight excluding hydrogens is 269 g/mol. The van der Waals surface area contributed by atoms with E-state index in [1.807, 2.05) is 0 Å². The van der Waals surface area contributed by atoms with Crippen LogP contribution in [0.4, 0.5) is 9.57 Å². The summed E-state index contributed by atoms with van der Waals surface area (Å²) in [5.74, 6) is -0.194. The van der Waals surface area contributed by atoms with E-state index >= 15 is 0 Å². The van der Waals surface area contributed by atoms with Gasteiger partial charge in [-0.05, 0) is 12.1 Å². The van der Waals surface area contributed by atoms with E-state index in [9.17, 15) is 17.1 Å². The predicted molar refractivity (Wildman–Crippen MR) is 71.2 cm³/mol. The fraction of sp³-hybridized carbons (Fsp3) is 0.154. The normalized spacial score (nSPS) is 11.5. The van der Waals surface area contributed by atoms with Crippen LogP contribution in [0.1, 0.15) is 13.3 Å². The number of carbonyl (C=O) groups is 1. The average Bonchev–Trinajstić information content (AvgIpc) is 2.37. The lowest BCUT2D eigenvalue weighted by atomic mass is 10.1. The zero-order chi connectivity index (χ0) is 14.0. The second-order valence-electron chi connectivity index (χ2n) is 4.00. The number of rotatable bonds is 3. The van der Waals surface area contributed by atoms with Crippen molar-refractivity contribution in [3.63, 3.8) is 0 Å². The molecule has 0 saturated carbocycles. The van der Waals surface area contributed by atoms with Gasteiger partial charge in [0, 0.05) is 22.9 Å². The number of benzene rings is 2. The van der Waals surface area contributed by atoms with Crippen LogP contribution < -0.4 is 5.32 Å². The molecule has 4 nitrogen and oxygen atoms in total. The minimum Gasteiger partial charge on any atom is -0.326 e. The third-order valence-corrected chi connectivity index (χ3v) is 3.62. The number of nitrogens with one attached hydrogen (secondary N) is 1. The maximum Gasteiger partial charge on any atom is 0.332 e. The van der Waals surface area contributed by atoms with Gasteiger partial charge in [0.15, 0.2) is 0 Å². The molecule has 19 heavy (non-hydrogen) atoms. The number of fused-ring (bicyclic) bond motifs is 1. The van der Waals surface area contributed by atoms with Crippen molar-refractivity contribution in [3.05, 3.63) is 36.4 Å². The Kier molecular flexibility index (Phi) is 3.53. The maximum atomic E-state index is 13.2. The molecule has 0 aliphatic rings. The minimum atomic E-state index is -4.79. The molecule has 100 valence electrons. The van der Waals surface area contributed by atoms with Crippen LogP contribution in [-0.4, -0.2) is 14.3 Å². The van der Waals surface area contributed by atoms with Crippen molar-refractivity contribution >= 4 is 32.6 Å². The summed E-state index contributed by atoms with van der Waals surface area (Å²) in [5, 5.41) is 3.39. The SMILES string of the molecule is CCC(=O)Nc1ccc(S(=O)(=O)F)c2ccccc12. The molecule has 0 radical (unpaired) electrons. The predicted octanol–water partition coefficient (Wildman–Crippen LogP) is 2.85. The number of halogens is 1. The number of anilines is 1. The number of hydrogen-bond acceptors (Lipinski definition) is 3. The summed E-state index contributed by atoms with van der Waals surface area (Å²) in [6, 6.07) is 8.99. The van der Waals surface area contributed by atoms with Gasteiger partial charge in [-0.3, -0.25) is 4.79 Å². The second-order valence-corrected chi connectivity index (χ2v) is 5.31. The van der Waals surface area contributed by atoms with Crippen molar-refractivity contribution in [1.29, 1.82) is 0 Å². The van der Waals surface area contributed by atoms with Gasteiger partial charge in [-0.25, -0.2) is 0 Å². The summed E-state index contributed by atoms with van der Waals surface area (Å²) < 4.78 is 35.4. The quantitative estimate of drug-likeness (QED) is 0.880. The second kappa shape index (κ2) is 4.97. The van der Waals surface area contributed by atoms with Gasteiger partial charge in [-0.2, -0.15) is 8.42 Å². The molecule has 2 aromatic rings. The van der Waals surface area contributed by atoms with Gasteiger partial charge >= 0.3 is 10.2 Å². The molecule has 1 amide bonds. The van der Waals surface area contributed by atoms with Crippen LogP contribution in [0.25, 0.3) is 10.8 Å². The zero-order valence-corrected chi connectivity index (χ0v) is 11.0. The molecule has 2 rings (SSSR count). The smallest absolute Gasteiger partial charge is 0.326 e. The molecule has 0 saturated heterocycles. The first-order valence-electron chi connectivity index (χ1n) is 5.69. The average molecular weight is 281 g/mol. The van der Waals surface area contributed by atoms with Gasteiger partial charge in [0.05, 0.1) is 0 Å². The first kappa shape index (κ1) is 13.5. The highest BCUT2D eigenvalue weighted by Crippen LogP contribution is 2.30. The Morgan fingerprint density at radius 2 is 1.79 bits per heavy atom. The van der Waals surface area contributed by atoms with E-state index in [0.717, 1.165) is 6.07 Å². The van der Waals surface area contributed by atoms with Crippen LogP contribution in [0.2, 0.25) is 0 Å². The maximum absolute atomic E-state index is 13.2. The van der Waals surface area contributed by atoms with Crippen molar-refractivity contribution in [3.8, 4) is 0 Å². The van der Waals surface area contributed by atoms with Crippen LogP contribution in [0.5, 0.6) is 0 Å². The lowest BCUT2D eigenvalue weighted by Crippen LogP contribution is -2.10. The Morgan fingerprint density at radius 1 is 1.16 bits per heavy atom. The van der Waals surface area contributed by atoms with Gasteiger partial charge in [0.1, 0.15) is 4.90 Å². The molecule has 0 unspecified atom stereocenters. The first-order chi connectivity index (χ1) is 8.93. The van der Waals surface area contributed by atoms with Crippen LogP contribution in [0.15, 0.2) is 41.3 Å². The minimum absolute atomic E-state index is 0.194. The highest BCUT2D eigenvalue weighted by molar-refractivity contribution is 7.86. The van der Waals surface area contributed by atoms with E-state index in [0.29, 0.717) is 17.5 Å². The molecule has 0 spiro atoms. The summed E-state index contributed by atoms with van der Waals surface area (Å²) in [4.78, 5) is 11.0. The molecule has 6 heteroatoms. The highest BCUT2D eigenvalue weighted by atomic mass is 32.3. The molecule has 1 N–H and O–H groups in total. The van der Waals surface area contributed by atoms with Gasteiger partial charge in [0.25, 0.3) is 0 Å². The number of hydrogen-bond donors (Lipinski definition) is 1. The monoisotopic (exact) mass is 281 g/mol. The Balaban J connectivity index is 2.69. The molecule has 0 aromatic heterocycles. The molecule has 0 atom stereocenters. The van der Waals surface area contributed by atoms with Crippen LogP contribution in [-0.2, 0) is 15.0 Å². The van der Waals surface area contributed by atoms with Gasteiger partial charge in [-0.15, -0.1) is 3.89 Å². The van der Waals surface area contributed by atoms with Gasteiger partial charge in [0.2, 0.25) is 5.91 Å². The van der Waals surface area contributed by atoms with Crippen molar-refractivity contribution in [1.82, 2.24) is 0 Å². The largest absolute Gasteiger partial charge is 0.332 e. The first-order valence-corrected chi connectivity index (χ1v) is 7.08. The summed E-state index contributed by atoms with van der Waals surface area (Å²) in [6.45, 7) is 1.71. The highest BCUT2D eigenvalue weighted by Gasteiger charge is 2.17. The number of amides is 1. The molecule has 2 aromatic carbocycles. The molecule has 0 bridgehead atoms. The molecule has 0 fully saturated rings. The van der Waals surface area contributed by atoms with Crippen LogP contribution in [0, 0.1) is 0 Å². The third kappa shape index (κ3) is 2.73. The zero-order valence-electron chi connectivity index (χ0n) is 10.2. The van der Waals surface area contributed by atoms with E-state index in [4.69, 9.17) is 0 Å². The Bertz CT molecular complexity index is 741. The van der Waals surface area contributed by atoms with E-state index in [2.05, 4.69) is 5.32 Å². The Morgan fingerprint density at radius 3 is 2.37 bits per heavy atom.